The molecule has 29 heavy (non-hydrogen) atoms. The molecular weight excluding hydrogens is 366 g/mol. The van der Waals surface area contributed by atoms with Gasteiger partial charge in [0.25, 0.3) is 5.91 Å². The van der Waals surface area contributed by atoms with E-state index >= 15 is 0 Å². The Morgan fingerprint density at radius 2 is 1.79 bits per heavy atom. The van der Waals surface area contributed by atoms with Crippen molar-refractivity contribution in [1.82, 2.24) is 15.1 Å². The fourth-order valence-electron chi connectivity index (χ4n) is 2.90. The molecule has 0 saturated carbocycles. The number of aliphatic imine (C=N–C) groups is 1. The number of anilines is 1. The highest BCUT2D eigenvalue weighted by atomic mass is 16.5. The molecule has 0 aliphatic carbocycles. The number of methoxy groups -OCH3 is 1. The smallest absolute Gasteiger partial charge is 0.257 e. The SMILES string of the molecule is COc1ccc(C(=O)NC(=NCc2c(C)nn(C)c2C)Nc2ccccc2)cc1. The minimum absolute atomic E-state index is 0.255. The molecule has 0 saturated heterocycles. The monoisotopic (exact) mass is 391 g/mol. The molecule has 0 aliphatic heterocycles. The first-order chi connectivity index (χ1) is 14.0. The van der Waals surface area contributed by atoms with Gasteiger partial charge in [-0.25, -0.2) is 4.99 Å². The Balaban J connectivity index is 1.82. The van der Waals surface area contributed by atoms with Gasteiger partial charge in [0.05, 0.1) is 19.3 Å². The number of ether oxygens (including phenoxy) is 1. The molecule has 1 aromatic heterocycles. The van der Waals surface area contributed by atoms with Crippen LogP contribution in [0.2, 0.25) is 0 Å². The number of nitrogens with one attached hydrogen (secondary N) is 2. The summed E-state index contributed by atoms with van der Waals surface area (Å²) in [4.78, 5) is 17.3. The van der Waals surface area contributed by atoms with E-state index in [9.17, 15) is 4.79 Å². The fraction of sp³-hybridized carbons (Fsp3) is 0.227. The van der Waals surface area contributed by atoms with Crippen LogP contribution in [0.1, 0.15) is 27.3 Å². The van der Waals surface area contributed by atoms with Crippen molar-refractivity contribution in [1.29, 1.82) is 0 Å². The van der Waals surface area contributed by atoms with Gasteiger partial charge in [-0.1, -0.05) is 18.2 Å². The normalized spacial score (nSPS) is 11.2. The Morgan fingerprint density at radius 3 is 2.38 bits per heavy atom. The maximum Gasteiger partial charge on any atom is 0.257 e. The van der Waals surface area contributed by atoms with E-state index in [2.05, 4.69) is 20.7 Å². The van der Waals surface area contributed by atoms with Crippen molar-refractivity contribution in [3.05, 3.63) is 77.1 Å². The topological polar surface area (TPSA) is 80.5 Å². The lowest BCUT2D eigenvalue weighted by Crippen LogP contribution is -2.36. The quantitative estimate of drug-likeness (QED) is 0.516. The molecule has 1 amide bonds. The van der Waals surface area contributed by atoms with E-state index in [1.54, 1.807) is 31.4 Å². The average molecular weight is 391 g/mol. The van der Waals surface area contributed by atoms with E-state index in [0.29, 0.717) is 23.8 Å². The summed E-state index contributed by atoms with van der Waals surface area (Å²) in [6, 6.07) is 16.5. The highest BCUT2D eigenvalue weighted by Gasteiger charge is 2.12. The van der Waals surface area contributed by atoms with E-state index in [1.807, 2.05) is 55.9 Å². The van der Waals surface area contributed by atoms with Gasteiger partial charge in [-0.05, 0) is 50.2 Å². The summed E-state index contributed by atoms with van der Waals surface area (Å²) in [6.45, 7) is 4.37. The molecule has 0 radical (unpaired) electrons. The molecule has 7 heteroatoms. The summed E-state index contributed by atoms with van der Waals surface area (Å²) in [5.74, 6) is 0.814. The zero-order chi connectivity index (χ0) is 20.8. The molecule has 150 valence electrons. The second-order valence-corrected chi connectivity index (χ2v) is 6.61. The number of hydrogen-bond acceptors (Lipinski definition) is 4. The maximum absolute atomic E-state index is 12.7. The highest BCUT2D eigenvalue weighted by Crippen LogP contribution is 2.14. The number of rotatable bonds is 5. The van der Waals surface area contributed by atoms with Crippen molar-refractivity contribution in [2.75, 3.05) is 12.4 Å². The lowest BCUT2D eigenvalue weighted by molar-refractivity contribution is 0.0977. The van der Waals surface area contributed by atoms with Crippen LogP contribution in [0.3, 0.4) is 0 Å². The zero-order valence-corrected chi connectivity index (χ0v) is 17.1. The molecule has 0 bridgehead atoms. The molecule has 0 fully saturated rings. The van der Waals surface area contributed by atoms with Gasteiger partial charge < -0.3 is 10.1 Å². The Kier molecular flexibility index (Phi) is 6.29. The summed E-state index contributed by atoms with van der Waals surface area (Å²) in [5, 5.41) is 10.5. The van der Waals surface area contributed by atoms with Crippen molar-refractivity contribution in [2.45, 2.75) is 20.4 Å². The molecule has 0 unspecified atom stereocenters. The largest absolute Gasteiger partial charge is 0.497 e. The lowest BCUT2D eigenvalue weighted by atomic mass is 10.2. The number of amides is 1. The Morgan fingerprint density at radius 1 is 1.10 bits per heavy atom. The number of benzene rings is 2. The summed E-state index contributed by atoms with van der Waals surface area (Å²) < 4.78 is 6.98. The van der Waals surface area contributed by atoms with E-state index in [0.717, 1.165) is 22.6 Å². The molecule has 2 N–H and O–H groups in total. The fourth-order valence-corrected chi connectivity index (χ4v) is 2.90. The molecule has 3 rings (SSSR count). The standard InChI is InChI=1S/C22H25N5O2/c1-15-20(16(2)27(3)26-15)14-23-22(24-18-8-6-5-7-9-18)25-21(28)17-10-12-19(29-4)13-11-17/h5-13H,14H2,1-4H3,(H2,23,24,25,28). The zero-order valence-electron chi connectivity index (χ0n) is 17.1. The number of aryl methyl sites for hydroxylation is 2. The third-order valence-corrected chi connectivity index (χ3v) is 4.67. The molecule has 0 atom stereocenters. The van der Waals surface area contributed by atoms with Gasteiger partial charge in [-0.2, -0.15) is 5.10 Å². The Bertz CT molecular complexity index is 1010. The van der Waals surface area contributed by atoms with Gasteiger partial charge in [-0.15, -0.1) is 0 Å². The minimum Gasteiger partial charge on any atom is -0.497 e. The van der Waals surface area contributed by atoms with Crippen molar-refractivity contribution in [3.63, 3.8) is 0 Å². The van der Waals surface area contributed by atoms with Crippen molar-refractivity contribution in [3.8, 4) is 5.75 Å². The number of carbonyl (C=O) groups is 1. The summed E-state index contributed by atoms with van der Waals surface area (Å²) in [5.41, 5.74) is 4.36. The van der Waals surface area contributed by atoms with Crippen LogP contribution in [0, 0.1) is 13.8 Å². The van der Waals surface area contributed by atoms with Crippen molar-refractivity contribution >= 4 is 17.6 Å². The van der Waals surface area contributed by atoms with E-state index in [4.69, 9.17) is 4.74 Å². The first-order valence-electron chi connectivity index (χ1n) is 9.29. The van der Waals surface area contributed by atoms with Crippen LogP contribution in [0.5, 0.6) is 5.75 Å². The van der Waals surface area contributed by atoms with Crippen LogP contribution in [0.25, 0.3) is 0 Å². The number of guanidine groups is 1. The van der Waals surface area contributed by atoms with Gasteiger partial charge in [0.2, 0.25) is 5.96 Å². The number of nitrogens with zero attached hydrogens (tertiary/aromatic N) is 3. The Labute approximate surface area is 170 Å². The van der Waals surface area contributed by atoms with Crippen LogP contribution < -0.4 is 15.4 Å². The molecule has 0 spiro atoms. The van der Waals surface area contributed by atoms with Gasteiger partial charge in [-0.3, -0.25) is 14.8 Å². The van der Waals surface area contributed by atoms with Gasteiger partial charge in [0.1, 0.15) is 5.75 Å². The van der Waals surface area contributed by atoms with Crippen LogP contribution in [-0.4, -0.2) is 28.8 Å². The summed E-state index contributed by atoms with van der Waals surface area (Å²) in [6.07, 6.45) is 0. The Hall–Kier alpha value is -3.61. The lowest BCUT2D eigenvalue weighted by Gasteiger charge is -2.12. The predicted octanol–water partition coefficient (Wildman–Crippen LogP) is 3.44. The molecular formula is C22H25N5O2. The number of aromatic nitrogens is 2. The van der Waals surface area contributed by atoms with Crippen LogP contribution >= 0.6 is 0 Å². The highest BCUT2D eigenvalue weighted by molar-refractivity contribution is 6.09. The van der Waals surface area contributed by atoms with Crippen LogP contribution in [0.4, 0.5) is 5.69 Å². The van der Waals surface area contributed by atoms with Gasteiger partial charge >= 0.3 is 0 Å². The van der Waals surface area contributed by atoms with Crippen LogP contribution in [-0.2, 0) is 13.6 Å². The number of carbonyl (C=O) groups excluding carboxylic acids is 1. The van der Waals surface area contributed by atoms with Crippen LogP contribution in [0.15, 0.2) is 59.6 Å². The maximum atomic E-state index is 12.7. The van der Waals surface area contributed by atoms with E-state index in [-0.39, 0.29) is 5.91 Å². The molecule has 2 aromatic carbocycles. The average Bonchev–Trinajstić information content (AvgIpc) is 2.98. The molecule has 3 aromatic rings. The predicted molar refractivity (Wildman–Crippen MR) is 114 cm³/mol. The van der Waals surface area contributed by atoms with E-state index < -0.39 is 0 Å². The third-order valence-electron chi connectivity index (χ3n) is 4.67. The third kappa shape index (κ3) is 5.01. The molecule has 0 aliphatic rings. The summed E-state index contributed by atoms with van der Waals surface area (Å²) in [7, 11) is 3.50. The van der Waals surface area contributed by atoms with Crippen molar-refractivity contribution < 1.29 is 9.53 Å². The first-order valence-corrected chi connectivity index (χ1v) is 9.29. The van der Waals surface area contributed by atoms with Gasteiger partial charge in [0.15, 0.2) is 0 Å². The first kappa shape index (κ1) is 20.1. The minimum atomic E-state index is -0.255. The second-order valence-electron chi connectivity index (χ2n) is 6.61. The summed E-state index contributed by atoms with van der Waals surface area (Å²) >= 11 is 0. The number of para-hydroxylation sites is 1. The second kappa shape index (κ2) is 9.05. The van der Waals surface area contributed by atoms with E-state index in [1.165, 1.54) is 0 Å². The van der Waals surface area contributed by atoms with Gasteiger partial charge in [0, 0.05) is 29.6 Å². The molecule has 7 nitrogen and oxygen atoms in total. The van der Waals surface area contributed by atoms with Crippen molar-refractivity contribution in [2.24, 2.45) is 12.0 Å². The number of hydrogen-bond donors (Lipinski definition) is 2. The molecule has 1 heterocycles.